The zero-order valence-electron chi connectivity index (χ0n) is 21.8. The summed E-state index contributed by atoms with van der Waals surface area (Å²) in [5, 5.41) is 8.15. The molecule has 6 unspecified atom stereocenters. The Bertz CT molecular complexity index is 821. The van der Waals surface area contributed by atoms with Crippen molar-refractivity contribution in [1.29, 1.82) is 0 Å². The maximum atomic E-state index is 4.09. The number of anilines is 2. The normalized spacial score (nSPS) is 36.8. The highest BCUT2D eigenvalue weighted by atomic mass is 15.0. The highest BCUT2D eigenvalue weighted by Gasteiger charge is 2.49. The van der Waals surface area contributed by atoms with Gasteiger partial charge in [-0.25, -0.2) is 0 Å². The Hall–Kier alpha value is -1.18. The third kappa shape index (κ3) is 3.51. The third-order valence-corrected chi connectivity index (χ3v) is 9.67. The van der Waals surface area contributed by atoms with Crippen molar-refractivity contribution in [2.45, 2.75) is 124 Å². The van der Waals surface area contributed by atoms with Crippen LogP contribution in [0, 0.1) is 30.6 Å². The van der Waals surface area contributed by atoms with E-state index in [0.717, 1.165) is 23.7 Å². The zero-order chi connectivity index (χ0) is 22.7. The van der Waals surface area contributed by atoms with Gasteiger partial charge in [0, 0.05) is 23.5 Å². The number of hydrogen-bond donors (Lipinski definition) is 2. The van der Waals surface area contributed by atoms with Gasteiger partial charge in [0.1, 0.15) is 0 Å². The smallest absolute Gasteiger partial charge is 0.0414 e. The Balaban J connectivity index is 0.00000112. The quantitative estimate of drug-likeness (QED) is 0.440. The second kappa shape index (κ2) is 7.99. The summed E-state index contributed by atoms with van der Waals surface area (Å²) in [7, 11) is 0. The van der Waals surface area contributed by atoms with E-state index >= 15 is 0 Å². The van der Waals surface area contributed by atoms with E-state index in [1.807, 2.05) is 13.8 Å². The van der Waals surface area contributed by atoms with E-state index in [9.17, 15) is 0 Å². The molecule has 6 atom stereocenters. The standard InChI is InChI=1S/C27H42N2.C2H6/c1-15-9-11-21-19(12-15)27(6,7)24-17(3)25-20(14-23(24)28-21)26(4,5)18-10-8-16(2)13-22(18)29-25;1-2/h14-16,18-19,21-22,28-29H,8-13H2,1-7H3;1-2H3. The molecule has 31 heavy (non-hydrogen) atoms. The Morgan fingerprint density at radius 2 is 1.42 bits per heavy atom. The summed E-state index contributed by atoms with van der Waals surface area (Å²) in [6, 6.07) is 3.85. The first-order valence-corrected chi connectivity index (χ1v) is 13.3. The highest BCUT2D eigenvalue weighted by molar-refractivity contribution is 5.75. The van der Waals surface area contributed by atoms with Gasteiger partial charge in [0.05, 0.1) is 0 Å². The Morgan fingerprint density at radius 1 is 0.774 bits per heavy atom. The number of benzene rings is 1. The van der Waals surface area contributed by atoms with Crippen LogP contribution < -0.4 is 10.6 Å². The SMILES string of the molecule is CC.Cc1c2c(cc3c1C(C)(C)C1CC(C)CCC1N3)C(C)(C)C1CCC(C)CC1N2. The van der Waals surface area contributed by atoms with Crippen molar-refractivity contribution in [3.63, 3.8) is 0 Å². The Labute approximate surface area is 192 Å². The van der Waals surface area contributed by atoms with Gasteiger partial charge in [0.25, 0.3) is 0 Å². The summed E-state index contributed by atoms with van der Waals surface area (Å²) in [6.45, 7) is 21.4. The van der Waals surface area contributed by atoms with Crippen LogP contribution in [-0.2, 0) is 10.8 Å². The van der Waals surface area contributed by atoms with Gasteiger partial charge in [0.2, 0.25) is 0 Å². The lowest BCUT2D eigenvalue weighted by molar-refractivity contribution is 0.164. The lowest BCUT2D eigenvalue weighted by Crippen LogP contribution is -2.51. The molecule has 2 aliphatic heterocycles. The van der Waals surface area contributed by atoms with E-state index in [-0.39, 0.29) is 10.8 Å². The van der Waals surface area contributed by atoms with Crippen molar-refractivity contribution < 1.29 is 0 Å². The molecule has 1 aromatic rings. The molecule has 1 aromatic carbocycles. The van der Waals surface area contributed by atoms with Gasteiger partial charge < -0.3 is 10.6 Å². The lowest BCUT2D eigenvalue weighted by Gasteiger charge is -2.54. The van der Waals surface area contributed by atoms with Crippen molar-refractivity contribution in [3.8, 4) is 0 Å². The van der Waals surface area contributed by atoms with Gasteiger partial charge in [-0.1, -0.05) is 61.8 Å². The van der Waals surface area contributed by atoms with Gasteiger partial charge in [-0.15, -0.1) is 0 Å². The van der Waals surface area contributed by atoms with Crippen LogP contribution in [-0.4, -0.2) is 12.1 Å². The third-order valence-electron chi connectivity index (χ3n) is 9.67. The molecule has 2 fully saturated rings. The molecule has 174 valence electrons. The first kappa shape index (κ1) is 23.0. The van der Waals surface area contributed by atoms with Gasteiger partial charge in [-0.05, 0) is 96.3 Å². The average molecular weight is 425 g/mol. The van der Waals surface area contributed by atoms with Gasteiger partial charge in [0.15, 0.2) is 0 Å². The van der Waals surface area contributed by atoms with Crippen LogP contribution in [0.2, 0.25) is 0 Å². The topological polar surface area (TPSA) is 24.1 Å². The predicted molar refractivity (Wildman–Crippen MR) is 136 cm³/mol. The first-order valence-electron chi connectivity index (χ1n) is 13.3. The molecule has 0 amide bonds. The van der Waals surface area contributed by atoms with E-state index in [4.69, 9.17) is 0 Å². The molecule has 2 N–H and O–H groups in total. The Morgan fingerprint density at radius 3 is 2.13 bits per heavy atom. The van der Waals surface area contributed by atoms with E-state index in [0.29, 0.717) is 12.1 Å². The minimum absolute atomic E-state index is 0.238. The minimum atomic E-state index is 0.238. The fourth-order valence-electron chi connectivity index (χ4n) is 7.98. The maximum absolute atomic E-state index is 4.09. The van der Waals surface area contributed by atoms with Crippen molar-refractivity contribution in [2.24, 2.45) is 23.7 Å². The Kier molecular flexibility index (Phi) is 5.93. The summed E-state index contributed by atoms with van der Waals surface area (Å²) in [5.74, 6) is 3.21. The van der Waals surface area contributed by atoms with E-state index < -0.39 is 0 Å². The van der Waals surface area contributed by atoms with Crippen LogP contribution in [0.3, 0.4) is 0 Å². The summed E-state index contributed by atoms with van der Waals surface area (Å²) < 4.78 is 0. The average Bonchev–Trinajstić information content (AvgIpc) is 2.71. The largest absolute Gasteiger partial charge is 0.382 e. The first-order chi connectivity index (χ1) is 14.6. The summed E-state index contributed by atoms with van der Waals surface area (Å²) in [4.78, 5) is 0. The predicted octanol–water partition coefficient (Wildman–Crippen LogP) is 8.04. The van der Waals surface area contributed by atoms with Crippen LogP contribution in [0.4, 0.5) is 11.4 Å². The van der Waals surface area contributed by atoms with E-state index in [1.165, 1.54) is 55.5 Å². The van der Waals surface area contributed by atoms with E-state index in [1.54, 1.807) is 11.1 Å². The number of hydrogen-bond acceptors (Lipinski definition) is 2. The number of rotatable bonds is 0. The highest BCUT2D eigenvalue weighted by Crippen LogP contribution is 2.56. The molecule has 5 rings (SSSR count). The zero-order valence-corrected chi connectivity index (χ0v) is 21.8. The molecule has 2 nitrogen and oxygen atoms in total. The van der Waals surface area contributed by atoms with Crippen LogP contribution >= 0.6 is 0 Å². The number of fused-ring (bicyclic) bond motifs is 4. The van der Waals surface area contributed by atoms with Crippen molar-refractivity contribution in [3.05, 3.63) is 22.8 Å². The molecule has 2 heteroatoms. The molecule has 2 saturated carbocycles. The van der Waals surface area contributed by atoms with Crippen molar-refractivity contribution in [2.75, 3.05) is 10.6 Å². The monoisotopic (exact) mass is 424 g/mol. The van der Waals surface area contributed by atoms with Gasteiger partial charge >= 0.3 is 0 Å². The summed E-state index contributed by atoms with van der Waals surface area (Å²) in [6.07, 6.45) is 8.14. The van der Waals surface area contributed by atoms with Crippen molar-refractivity contribution in [1.82, 2.24) is 0 Å². The fraction of sp³-hybridized carbons (Fsp3) is 0.793. The van der Waals surface area contributed by atoms with Gasteiger partial charge in [-0.3, -0.25) is 0 Å². The van der Waals surface area contributed by atoms with Gasteiger partial charge in [-0.2, -0.15) is 0 Å². The molecule has 4 aliphatic rings. The van der Waals surface area contributed by atoms with Crippen LogP contribution in [0.1, 0.15) is 111 Å². The molecular formula is C29H48N2. The minimum Gasteiger partial charge on any atom is -0.382 e. The molecule has 0 aromatic heterocycles. The van der Waals surface area contributed by atoms with Crippen LogP contribution in [0.5, 0.6) is 0 Å². The molecule has 0 saturated heterocycles. The summed E-state index contributed by atoms with van der Waals surface area (Å²) >= 11 is 0. The summed E-state index contributed by atoms with van der Waals surface area (Å²) in [5.41, 5.74) is 8.08. The van der Waals surface area contributed by atoms with Crippen molar-refractivity contribution >= 4 is 11.4 Å². The molecular weight excluding hydrogens is 376 g/mol. The van der Waals surface area contributed by atoms with Crippen LogP contribution in [0.25, 0.3) is 0 Å². The lowest BCUT2D eigenvalue weighted by atomic mass is 9.57. The van der Waals surface area contributed by atoms with E-state index in [2.05, 4.69) is 65.2 Å². The fourth-order valence-corrected chi connectivity index (χ4v) is 7.98. The second-order valence-electron chi connectivity index (χ2n) is 12.3. The second-order valence-corrected chi connectivity index (χ2v) is 12.3. The maximum Gasteiger partial charge on any atom is 0.0414 e. The van der Waals surface area contributed by atoms with Crippen LogP contribution in [0.15, 0.2) is 6.07 Å². The molecule has 0 radical (unpaired) electrons. The molecule has 0 spiro atoms. The number of nitrogens with one attached hydrogen (secondary N) is 2. The molecule has 2 aliphatic carbocycles. The molecule has 0 bridgehead atoms. The molecule has 2 heterocycles.